The van der Waals surface area contributed by atoms with Crippen molar-refractivity contribution in [2.75, 3.05) is 12.4 Å². The van der Waals surface area contributed by atoms with Crippen LogP contribution >= 0.6 is 0 Å². The number of aromatic carboxylic acids is 1. The Bertz CT molecular complexity index is 572. The summed E-state index contributed by atoms with van der Waals surface area (Å²) in [6, 6.07) is 4.48. The summed E-state index contributed by atoms with van der Waals surface area (Å²) in [5.74, 6) is 0.587. The molecule has 0 aliphatic heterocycles. The molecule has 1 aromatic carbocycles. The van der Waals surface area contributed by atoms with Gasteiger partial charge in [0.2, 0.25) is 5.91 Å². The monoisotopic (exact) mass is 289 g/mol. The molecule has 2 saturated carbocycles. The quantitative estimate of drug-likeness (QED) is 0.893. The average molecular weight is 289 g/mol. The molecule has 0 radical (unpaired) electrons. The lowest BCUT2D eigenvalue weighted by molar-refractivity contribution is -0.117. The Labute approximate surface area is 123 Å². The van der Waals surface area contributed by atoms with E-state index in [9.17, 15) is 9.59 Å². The van der Waals surface area contributed by atoms with Crippen molar-refractivity contribution in [1.29, 1.82) is 0 Å². The van der Waals surface area contributed by atoms with E-state index in [2.05, 4.69) is 5.32 Å². The second-order valence-corrected chi connectivity index (χ2v) is 5.85. The zero-order valence-electron chi connectivity index (χ0n) is 12.0. The molecule has 2 atom stereocenters. The number of rotatable bonds is 4. The number of carbonyl (C=O) groups is 2. The molecule has 2 unspecified atom stereocenters. The molecule has 2 fully saturated rings. The second-order valence-electron chi connectivity index (χ2n) is 5.85. The lowest BCUT2D eigenvalue weighted by Gasteiger charge is -2.11. The first-order chi connectivity index (χ1) is 10.1. The van der Waals surface area contributed by atoms with Crippen LogP contribution in [0, 0.1) is 17.8 Å². The average Bonchev–Trinajstić information content (AvgIpc) is 3.21. The molecular formula is C16H19NO4. The van der Waals surface area contributed by atoms with Crippen molar-refractivity contribution in [3.63, 3.8) is 0 Å². The van der Waals surface area contributed by atoms with E-state index in [1.165, 1.54) is 32.1 Å². The van der Waals surface area contributed by atoms with Crippen molar-refractivity contribution < 1.29 is 19.4 Å². The Hall–Kier alpha value is -2.04. The fourth-order valence-corrected chi connectivity index (χ4v) is 3.54. The summed E-state index contributed by atoms with van der Waals surface area (Å²) >= 11 is 0. The van der Waals surface area contributed by atoms with Gasteiger partial charge >= 0.3 is 5.97 Å². The standard InChI is InChI=1S/C16H19NO4/c1-21-13-7-6-9(16(19)20)8-12(13)17-15(18)14-10-4-2-3-5-11(10)14/h6-8,10-11,14H,2-5H2,1H3,(H,17,18)(H,19,20). The van der Waals surface area contributed by atoms with Gasteiger partial charge < -0.3 is 15.2 Å². The predicted molar refractivity (Wildman–Crippen MR) is 77.5 cm³/mol. The van der Waals surface area contributed by atoms with Gasteiger partial charge in [-0.05, 0) is 42.9 Å². The summed E-state index contributed by atoms with van der Waals surface area (Å²) < 4.78 is 5.19. The van der Waals surface area contributed by atoms with Gasteiger partial charge in [0.25, 0.3) is 0 Å². The van der Waals surface area contributed by atoms with Crippen LogP contribution in [0.5, 0.6) is 5.75 Å². The van der Waals surface area contributed by atoms with Gasteiger partial charge in [0.15, 0.2) is 0 Å². The molecule has 2 N–H and O–H groups in total. The molecule has 0 bridgehead atoms. The third-order valence-electron chi connectivity index (χ3n) is 4.66. The molecule has 0 aromatic heterocycles. The summed E-state index contributed by atoms with van der Waals surface area (Å²) in [7, 11) is 1.50. The van der Waals surface area contributed by atoms with E-state index in [0.29, 0.717) is 23.3 Å². The molecule has 1 amide bonds. The van der Waals surface area contributed by atoms with Crippen molar-refractivity contribution >= 4 is 17.6 Å². The van der Waals surface area contributed by atoms with Gasteiger partial charge in [-0.1, -0.05) is 12.8 Å². The predicted octanol–water partition coefficient (Wildman–Crippen LogP) is 2.77. The van der Waals surface area contributed by atoms with Gasteiger partial charge in [-0.25, -0.2) is 4.79 Å². The first-order valence-electron chi connectivity index (χ1n) is 7.34. The summed E-state index contributed by atoms with van der Waals surface area (Å²) in [4.78, 5) is 23.4. The third-order valence-corrected chi connectivity index (χ3v) is 4.66. The van der Waals surface area contributed by atoms with Crippen molar-refractivity contribution in [3.05, 3.63) is 23.8 Å². The molecule has 5 heteroatoms. The lowest BCUT2D eigenvalue weighted by atomic mass is 10.0. The SMILES string of the molecule is COc1ccc(C(=O)O)cc1NC(=O)C1C2CCCCC21. The largest absolute Gasteiger partial charge is 0.495 e. The van der Waals surface area contributed by atoms with Gasteiger partial charge in [0.05, 0.1) is 18.4 Å². The number of hydrogen-bond donors (Lipinski definition) is 2. The number of methoxy groups -OCH3 is 1. The zero-order valence-corrected chi connectivity index (χ0v) is 12.0. The highest BCUT2D eigenvalue weighted by Crippen LogP contribution is 2.55. The molecule has 2 aliphatic rings. The minimum absolute atomic E-state index is 0.00672. The third kappa shape index (κ3) is 2.60. The zero-order chi connectivity index (χ0) is 15.0. The van der Waals surface area contributed by atoms with Crippen molar-refractivity contribution in [3.8, 4) is 5.75 Å². The normalized spacial score (nSPS) is 26.6. The minimum Gasteiger partial charge on any atom is -0.495 e. The number of anilines is 1. The summed E-state index contributed by atoms with van der Waals surface area (Å²) in [6.07, 6.45) is 4.69. The number of nitrogens with one attached hydrogen (secondary N) is 1. The lowest BCUT2D eigenvalue weighted by Crippen LogP contribution is -2.16. The molecule has 0 saturated heterocycles. The first kappa shape index (κ1) is 13.9. The highest BCUT2D eigenvalue weighted by molar-refractivity contribution is 5.98. The van der Waals surface area contributed by atoms with E-state index >= 15 is 0 Å². The maximum atomic E-state index is 12.4. The Morgan fingerprint density at radius 1 is 1.24 bits per heavy atom. The molecular weight excluding hydrogens is 270 g/mol. The Morgan fingerprint density at radius 3 is 2.48 bits per heavy atom. The molecule has 0 spiro atoms. The number of hydrogen-bond acceptors (Lipinski definition) is 3. The highest BCUT2D eigenvalue weighted by atomic mass is 16.5. The molecule has 1 aromatic rings. The Kier molecular flexibility index (Phi) is 3.57. The van der Waals surface area contributed by atoms with Crippen LogP contribution in [0.2, 0.25) is 0 Å². The molecule has 2 aliphatic carbocycles. The topological polar surface area (TPSA) is 75.6 Å². The van der Waals surface area contributed by atoms with Gasteiger partial charge in [-0.15, -0.1) is 0 Å². The van der Waals surface area contributed by atoms with Crippen LogP contribution in [0.1, 0.15) is 36.0 Å². The van der Waals surface area contributed by atoms with Crippen LogP contribution in [-0.4, -0.2) is 24.1 Å². The molecule has 0 heterocycles. The van der Waals surface area contributed by atoms with E-state index < -0.39 is 5.97 Å². The minimum atomic E-state index is -1.02. The number of amides is 1. The van der Waals surface area contributed by atoms with Crippen LogP contribution < -0.4 is 10.1 Å². The van der Waals surface area contributed by atoms with E-state index in [1.54, 1.807) is 6.07 Å². The van der Waals surface area contributed by atoms with Crippen molar-refractivity contribution in [2.45, 2.75) is 25.7 Å². The molecule has 112 valence electrons. The smallest absolute Gasteiger partial charge is 0.335 e. The van der Waals surface area contributed by atoms with Gasteiger partial charge in [0.1, 0.15) is 5.75 Å². The Balaban J connectivity index is 1.76. The second kappa shape index (κ2) is 5.39. The Morgan fingerprint density at radius 2 is 1.90 bits per heavy atom. The van der Waals surface area contributed by atoms with Crippen molar-refractivity contribution in [2.24, 2.45) is 17.8 Å². The van der Waals surface area contributed by atoms with Crippen LogP contribution in [-0.2, 0) is 4.79 Å². The fourth-order valence-electron chi connectivity index (χ4n) is 3.54. The number of carbonyl (C=O) groups excluding carboxylic acids is 1. The summed E-state index contributed by atoms with van der Waals surface area (Å²) in [6.45, 7) is 0. The fraction of sp³-hybridized carbons (Fsp3) is 0.500. The maximum Gasteiger partial charge on any atom is 0.335 e. The van der Waals surface area contributed by atoms with Crippen LogP contribution in [0.3, 0.4) is 0 Å². The van der Waals surface area contributed by atoms with Crippen LogP contribution in [0.25, 0.3) is 0 Å². The number of ether oxygens (including phenoxy) is 1. The van der Waals surface area contributed by atoms with E-state index in [-0.39, 0.29) is 17.4 Å². The van der Waals surface area contributed by atoms with Gasteiger partial charge in [-0.2, -0.15) is 0 Å². The van der Waals surface area contributed by atoms with Crippen molar-refractivity contribution in [1.82, 2.24) is 0 Å². The summed E-state index contributed by atoms with van der Waals surface area (Å²) in [5.41, 5.74) is 0.574. The number of carboxylic acid groups (broad SMARTS) is 1. The first-order valence-corrected chi connectivity index (χ1v) is 7.34. The van der Waals surface area contributed by atoms with E-state index in [0.717, 1.165) is 12.8 Å². The number of benzene rings is 1. The van der Waals surface area contributed by atoms with Crippen LogP contribution in [0.15, 0.2) is 18.2 Å². The van der Waals surface area contributed by atoms with E-state index in [1.807, 2.05) is 0 Å². The van der Waals surface area contributed by atoms with Gasteiger partial charge in [0, 0.05) is 5.92 Å². The molecule has 21 heavy (non-hydrogen) atoms. The molecule has 5 nitrogen and oxygen atoms in total. The number of fused-ring (bicyclic) bond motifs is 1. The number of carboxylic acids is 1. The summed E-state index contributed by atoms with van der Waals surface area (Å²) in [5, 5.41) is 11.9. The van der Waals surface area contributed by atoms with Crippen LogP contribution in [0.4, 0.5) is 5.69 Å². The maximum absolute atomic E-state index is 12.4. The molecule has 3 rings (SSSR count). The highest BCUT2D eigenvalue weighted by Gasteiger charge is 2.54. The van der Waals surface area contributed by atoms with Gasteiger partial charge in [-0.3, -0.25) is 4.79 Å². The van der Waals surface area contributed by atoms with E-state index in [4.69, 9.17) is 9.84 Å².